The highest BCUT2D eigenvalue weighted by Gasteiger charge is 2.50. The molecule has 0 amide bonds. The quantitative estimate of drug-likeness (QED) is 0.511. The van der Waals surface area contributed by atoms with E-state index >= 15 is 0 Å². The summed E-state index contributed by atoms with van der Waals surface area (Å²) < 4.78 is 2.18. The predicted molar refractivity (Wildman–Crippen MR) is 122 cm³/mol. The zero-order chi connectivity index (χ0) is 21.4. The maximum atomic E-state index is 4.37. The van der Waals surface area contributed by atoms with E-state index in [4.69, 9.17) is 0 Å². The lowest BCUT2D eigenvalue weighted by Crippen LogP contribution is -2.49. The summed E-state index contributed by atoms with van der Waals surface area (Å²) in [5.74, 6) is 1.16. The molecule has 0 fully saturated rings. The molecular formula is C25H44N2. The van der Waals surface area contributed by atoms with Crippen LogP contribution in [0.5, 0.6) is 0 Å². The van der Waals surface area contributed by atoms with E-state index in [0.717, 1.165) is 0 Å². The third-order valence-electron chi connectivity index (χ3n) is 6.33. The van der Waals surface area contributed by atoms with Gasteiger partial charge in [0, 0.05) is 24.4 Å². The van der Waals surface area contributed by atoms with E-state index in [2.05, 4.69) is 75.5 Å². The lowest BCUT2D eigenvalue weighted by Gasteiger charge is -2.52. The molecule has 0 spiro atoms. The molecule has 27 heavy (non-hydrogen) atoms. The lowest BCUT2D eigenvalue weighted by molar-refractivity contribution is 0.152. The maximum Gasteiger partial charge on any atom is 0.0945 e. The molecule has 0 saturated heterocycles. The topological polar surface area (TPSA) is 17.8 Å². The SMILES string of the molecule is CC.CC.CC.CC1C(C)C(C)(c2cncn2C)c2ccccc2C1(C)C. The van der Waals surface area contributed by atoms with Crippen LogP contribution in [0, 0.1) is 11.8 Å². The summed E-state index contributed by atoms with van der Waals surface area (Å²) >= 11 is 0. The molecule has 1 aliphatic carbocycles. The fraction of sp³-hybridized carbons (Fsp3) is 0.640. The van der Waals surface area contributed by atoms with Gasteiger partial charge in [0.1, 0.15) is 0 Å². The summed E-state index contributed by atoms with van der Waals surface area (Å²) in [6.45, 7) is 24.0. The van der Waals surface area contributed by atoms with Gasteiger partial charge in [-0.25, -0.2) is 4.98 Å². The van der Waals surface area contributed by atoms with Crippen LogP contribution in [0.15, 0.2) is 36.8 Å². The molecule has 0 radical (unpaired) electrons. The third-order valence-corrected chi connectivity index (χ3v) is 6.33. The van der Waals surface area contributed by atoms with Crippen molar-refractivity contribution in [3.63, 3.8) is 0 Å². The molecule has 1 aliphatic rings. The van der Waals surface area contributed by atoms with Crippen molar-refractivity contribution in [3.05, 3.63) is 53.6 Å². The van der Waals surface area contributed by atoms with Gasteiger partial charge in [-0.1, -0.05) is 93.5 Å². The van der Waals surface area contributed by atoms with Gasteiger partial charge < -0.3 is 4.57 Å². The fourth-order valence-electron chi connectivity index (χ4n) is 4.34. The molecule has 3 unspecified atom stereocenters. The number of hydrogen-bond acceptors (Lipinski definition) is 1. The van der Waals surface area contributed by atoms with E-state index < -0.39 is 0 Å². The predicted octanol–water partition coefficient (Wildman–Crippen LogP) is 7.37. The molecule has 1 aromatic carbocycles. The molecule has 3 rings (SSSR count). The normalized spacial score (nSPS) is 24.7. The van der Waals surface area contributed by atoms with Gasteiger partial charge >= 0.3 is 0 Å². The van der Waals surface area contributed by atoms with E-state index in [1.54, 1.807) is 0 Å². The highest BCUT2D eigenvalue weighted by molar-refractivity contribution is 5.48. The van der Waals surface area contributed by atoms with Crippen LogP contribution in [0.3, 0.4) is 0 Å². The number of nitrogens with zero attached hydrogens (tertiary/aromatic N) is 2. The van der Waals surface area contributed by atoms with Crippen molar-refractivity contribution in [2.75, 3.05) is 0 Å². The van der Waals surface area contributed by atoms with Crippen LogP contribution >= 0.6 is 0 Å². The number of imidazole rings is 1. The standard InChI is InChI=1S/C19H26N2.3C2H6/c1-13-14(2)19(5,17-11-20-12-21(17)6)16-10-8-7-9-15(16)18(13,3)4;3*1-2/h7-14H,1-6H3;3*1-2H3. The summed E-state index contributed by atoms with van der Waals surface area (Å²) in [4.78, 5) is 4.37. The van der Waals surface area contributed by atoms with Gasteiger partial charge in [0.25, 0.3) is 0 Å². The first kappa shape index (κ1) is 25.4. The first-order valence-electron chi connectivity index (χ1n) is 10.9. The molecule has 0 N–H and O–H groups in total. The van der Waals surface area contributed by atoms with Crippen LogP contribution in [0.25, 0.3) is 0 Å². The maximum absolute atomic E-state index is 4.37. The van der Waals surface area contributed by atoms with Gasteiger partial charge in [-0.3, -0.25) is 0 Å². The second-order valence-corrected chi connectivity index (χ2v) is 7.44. The van der Waals surface area contributed by atoms with E-state index in [-0.39, 0.29) is 10.8 Å². The van der Waals surface area contributed by atoms with E-state index in [1.165, 1.54) is 16.8 Å². The van der Waals surface area contributed by atoms with Gasteiger partial charge in [0.05, 0.1) is 6.33 Å². The Labute approximate surface area is 169 Å². The van der Waals surface area contributed by atoms with Crippen molar-refractivity contribution >= 4 is 0 Å². The molecule has 2 heteroatoms. The molecule has 2 aromatic rings. The number of rotatable bonds is 1. The number of hydrogen-bond donors (Lipinski definition) is 0. The summed E-state index contributed by atoms with van der Waals surface area (Å²) in [7, 11) is 2.10. The summed E-state index contributed by atoms with van der Waals surface area (Å²) in [5.41, 5.74) is 4.47. The molecule has 3 atom stereocenters. The fourth-order valence-corrected chi connectivity index (χ4v) is 4.34. The number of benzene rings is 1. The van der Waals surface area contributed by atoms with Crippen LogP contribution in [0.4, 0.5) is 0 Å². The summed E-state index contributed by atoms with van der Waals surface area (Å²) in [6.07, 6.45) is 3.96. The van der Waals surface area contributed by atoms with Crippen molar-refractivity contribution < 1.29 is 0 Å². The van der Waals surface area contributed by atoms with Crippen molar-refractivity contribution in [1.82, 2.24) is 9.55 Å². The average molecular weight is 373 g/mol. The Balaban J connectivity index is 0.00000103. The second-order valence-electron chi connectivity index (χ2n) is 7.44. The highest BCUT2D eigenvalue weighted by atomic mass is 15.0. The summed E-state index contributed by atoms with van der Waals surface area (Å²) in [5, 5.41) is 0. The monoisotopic (exact) mass is 372 g/mol. The smallest absolute Gasteiger partial charge is 0.0945 e. The molecule has 0 bridgehead atoms. The zero-order valence-corrected chi connectivity index (χ0v) is 20.0. The van der Waals surface area contributed by atoms with Crippen molar-refractivity contribution in [2.45, 2.75) is 87.0 Å². The van der Waals surface area contributed by atoms with Crippen LogP contribution in [-0.2, 0) is 17.9 Å². The Morgan fingerprint density at radius 3 is 1.74 bits per heavy atom. The van der Waals surface area contributed by atoms with Crippen LogP contribution in [0.2, 0.25) is 0 Å². The highest BCUT2D eigenvalue weighted by Crippen LogP contribution is 2.54. The van der Waals surface area contributed by atoms with E-state index in [0.29, 0.717) is 11.8 Å². The largest absolute Gasteiger partial charge is 0.337 e. The number of aryl methyl sites for hydroxylation is 1. The Morgan fingerprint density at radius 1 is 0.815 bits per heavy atom. The Bertz CT molecular complexity index is 668. The van der Waals surface area contributed by atoms with Gasteiger partial charge in [-0.05, 0) is 35.3 Å². The molecule has 2 nitrogen and oxygen atoms in total. The van der Waals surface area contributed by atoms with Gasteiger partial charge in [-0.15, -0.1) is 0 Å². The first-order valence-corrected chi connectivity index (χ1v) is 10.9. The van der Waals surface area contributed by atoms with E-state index in [1.807, 2.05) is 54.1 Å². The zero-order valence-electron chi connectivity index (χ0n) is 20.0. The summed E-state index contributed by atoms with van der Waals surface area (Å²) in [6, 6.07) is 8.97. The Kier molecular flexibility index (Phi) is 10.1. The minimum atomic E-state index is 0.0107. The number of aromatic nitrogens is 2. The van der Waals surface area contributed by atoms with E-state index in [9.17, 15) is 0 Å². The van der Waals surface area contributed by atoms with Gasteiger partial charge in [-0.2, -0.15) is 0 Å². The first-order chi connectivity index (χ1) is 12.8. The molecule has 0 saturated carbocycles. The van der Waals surface area contributed by atoms with Crippen LogP contribution in [-0.4, -0.2) is 9.55 Å². The minimum absolute atomic E-state index is 0.0107. The molecular weight excluding hydrogens is 328 g/mol. The lowest BCUT2D eigenvalue weighted by atomic mass is 9.52. The second kappa shape index (κ2) is 10.7. The van der Waals surface area contributed by atoms with Crippen molar-refractivity contribution in [3.8, 4) is 0 Å². The van der Waals surface area contributed by atoms with Gasteiger partial charge in [0.2, 0.25) is 0 Å². The Hall–Kier alpha value is -1.57. The average Bonchev–Trinajstić information content (AvgIpc) is 3.16. The van der Waals surface area contributed by atoms with Crippen LogP contribution in [0.1, 0.15) is 93.0 Å². The van der Waals surface area contributed by atoms with Crippen LogP contribution < -0.4 is 0 Å². The minimum Gasteiger partial charge on any atom is -0.337 e. The molecule has 0 aliphatic heterocycles. The van der Waals surface area contributed by atoms with Crippen molar-refractivity contribution in [2.24, 2.45) is 18.9 Å². The molecule has 154 valence electrons. The van der Waals surface area contributed by atoms with Crippen molar-refractivity contribution in [1.29, 1.82) is 0 Å². The van der Waals surface area contributed by atoms with Gasteiger partial charge in [0.15, 0.2) is 0 Å². The molecule has 1 heterocycles. The molecule has 1 aromatic heterocycles. The Morgan fingerprint density at radius 2 is 1.30 bits per heavy atom. The third kappa shape index (κ3) is 4.31. The number of fused-ring (bicyclic) bond motifs is 1.